The zero-order chi connectivity index (χ0) is 19.3. The van der Waals surface area contributed by atoms with E-state index in [4.69, 9.17) is 0 Å². The van der Waals surface area contributed by atoms with Crippen molar-refractivity contribution in [1.82, 2.24) is 9.62 Å². The predicted molar refractivity (Wildman–Crippen MR) is 94.0 cm³/mol. The van der Waals surface area contributed by atoms with Crippen LogP contribution in [0.25, 0.3) is 0 Å². The van der Waals surface area contributed by atoms with E-state index in [0.717, 1.165) is 12.1 Å². The van der Waals surface area contributed by atoms with Gasteiger partial charge in [-0.3, -0.25) is 4.79 Å². The van der Waals surface area contributed by atoms with E-state index in [0.29, 0.717) is 0 Å². The van der Waals surface area contributed by atoms with Crippen molar-refractivity contribution in [2.75, 3.05) is 13.6 Å². The van der Waals surface area contributed by atoms with Gasteiger partial charge in [0, 0.05) is 37.3 Å². The number of rotatable bonds is 7. The van der Waals surface area contributed by atoms with E-state index in [1.807, 2.05) is 0 Å². The maximum absolute atomic E-state index is 13.7. The Morgan fingerprint density at radius 2 is 1.85 bits per heavy atom. The molecule has 1 N–H and O–H groups in total. The molecule has 2 aromatic rings. The molecule has 26 heavy (non-hydrogen) atoms. The van der Waals surface area contributed by atoms with Crippen LogP contribution in [-0.2, 0) is 16.6 Å². The summed E-state index contributed by atoms with van der Waals surface area (Å²) in [6.45, 7) is 3.48. The number of hydrogen-bond acceptors (Lipinski definition) is 3. The van der Waals surface area contributed by atoms with E-state index < -0.39 is 27.6 Å². The van der Waals surface area contributed by atoms with E-state index in [2.05, 4.69) is 11.3 Å². The molecule has 0 aliphatic heterocycles. The molecule has 1 amide bonds. The Morgan fingerprint density at radius 3 is 2.42 bits per heavy atom. The number of halogens is 2. The fourth-order valence-corrected chi connectivity index (χ4v) is 3.22. The Kier molecular flexibility index (Phi) is 6.23. The summed E-state index contributed by atoms with van der Waals surface area (Å²) in [5.41, 5.74) is 0.424. The number of carbonyl (C=O) groups is 1. The molecule has 8 heteroatoms. The summed E-state index contributed by atoms with van der Waals surface area (Å²) in [5.74, 6) is -1.85. The molecule has 2 rings (SSSR count). The van der Waals surface area contributed by atoms with Crippen LogP contribution in [-0.4, -0.2) is 32.8 Å². The quantitative estimate of drug-likeness (QED) is 0.751. The maximum atomic E-state index is 13.7. The highest BCUT2D eigenvalue weighted by Crippen LogP contribution is 2.15. The minimum Gasteiger partial charge on any atom is -0.337 e. The first-order valence-corrected chi connectivity index (χ1v) is 9.13. The number of nitrogens with zero attached hydrogens (tertiary/aromatic N) is 1. The zero-order valence-electron chi connectivity index (χ0n) is 14.1. The molecule has 2 aromatic carbocycles. The summed E-state index contributed by atoms with van der Waals surface area (Å²) >= 11 is 0. The monoisotopic (exact) mass is 380 g/mol. The average Bonchev–Trinajstić information content (AvgIpc) is 2.61. The fraction of sp³-hybridized carbons (Fsp3) is 0.167. The van der Waals surface area contributed by atoms with Gasteiger partial charge in [0.25, 0.3) is 5.91 Å². The highest BCUT2D eigenvalue weighted by Gasteiger charge is 2.17. The second-order valence-electron chi connectivity index (χ2n) is 5.56. The summed E-state index contributed by atoms with van der Waals surface area (Å²) in [5, 5.41) is 0. The van der Waals surface area contributed by atoms with Crippen LogP contribution in [0.4, 0.5) is 8.78 Å². The van der Waals surface area contributed by atoms with E-state index in [9.17, 15) is 22.0 Å². The number of amides is 1. The van der Waals surface area contributed by atoms with Crippen molar-refractivity contribution >= 4 is 15.9 Å². The minimum absolute atomic E-state index is 0.0168. The van der Waals surface area contributed by atoms with Gasteiger partial charge in [0.2, 0.25) is 10.0 Å². The third kappa shape index (κ3) is 4.74. The maximum Gasteiger partial charge on any atom is 0.253 e. The predicted octanol–water partition coefficient (Wildman–Crippen LogP) is 2.70. The van der Waals surface area contributed by atoms with Crippen LogP contribution in [0.2, 0.25) is 0 Å². The van der Waals surface area contributed by atoms with E-state index in [1.165, 1.54) is 48.4 Å². The first kappa shape index (κ1) is 19.7. The lowest BCUT2D eigenvalue weighted by Crippen LogP contribution is -2.27. The molecule has 0 atom stereocenters. The molecule has 0 radical (unpaired) electrons. The third-order valence-electron chi connectivity index (χ3n) is 3.60. The SMILES string of the molecule is C=CCNS(=O)(=O)c1ccc(C(=O)N(C)Cc2ccc(F)cc2F)cc1. The average molecular weight is 380 g/mol. The summed E-state index contributed by atoms with van der Waals surface area (Å²) in [4.78, 5) is 13.7. The molecule has 0 aromatic heterocycles. The van der Waals surface area contributed by atoms with Gasteiger partial charge in [-0.15, -0.1) is 6.58 Å². The lowest BCUT2D eigenvalue weighted by Gasteiger charge is -2.18. The molecular formula is C18H18F2N2O3S. The first-order chi connectivity index (χ1) is 12.2. The van der Waals surface area contributed by atoms with Crippen LogP contribution in [0.15, 0.2) is 60.0 Å². The molecule has 138 valence electrons. The van der Waals surface area contributed by atoms with Gasteiger partial charge in [0.1, 0.15) is 11.6 Å². The molecule has 0 unspecified atom stereocenters. The first-order valence-electron chi connectivity index (χ1n) is 7.64. The summed E-state index contributed by atoms with van der Waals surface area (Å²) in [7, 11) is -2.20. The van der Waals surface area contributed by atoms with Crippen molar-refractivity contribution in [1.29, 1.82) is 0 Å². The van der Waals surface area contributed by atoms with Gasteiger partial charge in [-0.25, -0.2) is 21.9 Å². The van der Waals surface area contributed by atoms with Gasteiger partial charge in [-0.05, 0) is 30.3 Å². The van der Waals surface area contributed by atoms with Gasteiger partial charge in [-0.2, -0.15) is 0 Å². The molecule has 0 bridgehead atoms. The number of hydrogen-bond donors (Lipinski definition) is 1. The molecule has 0 saturated carbocycles. The van der Waals surface area contributed by atoms with Gasteiger partial charge in [0.05, 0.1) is 4.90 Å². The summed E-state index contributed by atoms with van der Waals surface area (Å²) < 4.78 is 52.9. The summed E-state index contributed by atoms with van der Waals surface area (Å²) in [6.07, 6.45) is 1.42. The van der Waals surface area contributed by atoms with Crippen LogP contribution in [0.3, 0.4) is 0 Å². The number of sulfonamides is 1. The van der Waals surface area contributed by atoms with Gasteiger partial charge in [-0.1, -0.05) is 12.1 Å². The van der Waals surface area contributed by atoms with E-state index in [1.54, 1.807) is 0 Å². The second-order valence-corrected chi connectivity index (χ2v) is 7.33. The van der Waals surface area contributed by atoms with Gasteiger partial charge >= 0.3 is 0 Å². The minimum atomic E-state index is -3.67. The standard InChI is InChI=1S/C18H18F2N2O3S/c1-3-10-21-26(24,25)16-8-5-13(6-9-16)18(23)22(2)12-14-4-7-15(19)11-17(14)20/h3-9,11,21H,1,10,12H2,2H3. The molecule has 0 heterocycles. The van der Waals surface area contributed by atoms with Crippen LogP contribution in [0.5, 0.6) is 0 Å². The van der Waals surface area contributed by atoms with Crippen molar-refractivity contribution in [3.05, 3.63) is 77.9 Å². The Bertz CT molecular complexity index is 913. The van der Waals surface area contributed by atoms with Crippen molar-refractivity contribution in [3.63, 3.8) is 0 Å². The molecule has 0 aliphatic rings. The van der Waals surface area contributed by atoms with Crippen LogP contribution in [0.1, 0.15) is 15.9 Å². The number of benzene rings is 2. The van der Waals surface area contributed by atoms with E-state index >= 15 is 0 Å². The number of carbonyl (C=O) groups excluding carboxylic acids is 1. The van der Waals surface area contributed by atoms with E-state index in [-0.39, 0.29) is 29.1 Å². The molecule has 0 aliphatic carbocycles. The number of nitrogens with one attached hydrogen (secondary N) is 1. The van der Waals surface area contributed by atoms with Gasteiger partial charge < -0.3 is 4.90 Å². The zero-order valence-corrected chi connectivity index (χ0v) is 14.9. The largest absolute Gasteiger partial charge is 0.337 e. The second kappa shape index (κ2) is 8.20. The summed E-state index contributed by atoms with van der Waals surface area (Å²) in [6, 6.07) is 8.52. The Hall–Kier alpha value is -2.58. The normalized spacial score (nSPS) is 11.2. The smallest absolute Gasteiger partial charge is 0.253 e. The highest BCUT2D eigenvalue weighted by atomic mass is 32.2. The van der Waals surface area contributed by atoms with Crippen molar-refractivity contribution in [2.45, 2.75) is 11.4 Å². The molecule has 0 spiro atoms. The Balaban J connectivity index is 2.12. The van der Waals surface area contributed by atoms with Crippen LogP contribution < -0.4 is 4.72 Å². The Labute approximate surface area is 151 Å². The molecule has 5 nitrogen and oxygen atoms in total. The van der Waals surface area contributed by atoms with Crippen LogP contribution >= 0.6 is 0 Å². The Morgan fingerprint density at radius 1 is 1.19 bits per heavy atom. The van der Waals surface area contributed by atoms with Crippen LogP contribution in [0, 0.1) is 11.6 Å². The topological polar surface area (TPSA) is 66.5 Å². The molecule has 0 saturated heterocycles. The van der Waals surface area contributed by atoms with Crippen molar-refractivity contribution in [3.8, 4) is 0 Å². The van der Waals surface area contributed by atoms with Gasteiger partial charge in [0.15, 0.2) is 0 Å². The third-order valence-corrected chi connectivity index (χ3v) is 5.04. The van der Waals surface area contributed by atoms with Crippen molar-refractivity contribution < 1.29 is 22.0 Å². The van der Waals surface area contributed by atoms with Crippen molar-refractivity contribution in [2.24, 2.45) is 0 Å². The fourth-order valence-electron chi connectivity index (χ4n) is 2.23. The lowest BCUT2D eigenvalue weighted by atomic mass is 10.1. The lowest BCUT2D eigenvalue weighted by molar-refractivity contribution is 0.0783. The molecular weight excluding hydrogens is 362 g/mol. The molecule has 0 fully saturated rings. The highest BCUT2D eigenvalue weighted by molar-refractivity contribution is 7.89.